The molecular weight excluding hydrogens is 334 g/mol. The van der Waals surface area contributed by atoms with Crippen molar-refractivity contribution in [2.75, 3.05) is 19.6 Å². The number of carbonyl (C=O) groups is 1. The van der Waals surface area contributed by atoms with Crippen LogP contribution in [0.25, 0.3) is 11.5 Å². The van der Waals surface area contributed by atoms with Gasteiger partial charge in [0.25, 0.3) is 0 Å². The van der Waals surface area contributed by atoms with Gasteiger partial charge in [0, 0.05) is 38.8 Å². The number of piperidine rings is 1. The van der Waals surface area contributed by atoms with E-state index in [1.807, 2.05) is 23.1 Å². The number of likely N-dealkylation sites (tertiary alicyclic amines) is 2. The Morgan fingerprint density at radius 2 is 2.12 bits per heavy atom. The van der Waals surface area contributed by atoms with Crippen LogP contribution < -0.4 is 0 Å². The van der Waals surface area contributed by atoms with Gasteiger partial charge in [-0.05, 0) is 31.4 Å². The maximum absolute atomic E-state index is 11.5. The molecule has 26 heavy (non-hydrogen) atoms. The van der Waals surface area contributed by atoms with Crippen LogP contribution in [-0.4, -0.2) is 67.7 Å². The van der Waals surface area contributed by atoms with E-state index in [1.165, 1.54) is 0 Å². The molecule has 4 heterocycles. The number of hydrogen-bond donors (Lipinski definition) is 1. The number of aromatic nitrogens is 3. The molecule has 1 N–H and O–H groups in total. The molecule has 2 aromatic heterocycles. The lowest BCUT2D eigenvalue weighted by molar-refractivity contribution is -0.130. The number of aliphatic hydroxyl groups is 1. The van der Waals surface area contributed by atoms with Gasteiger partial charge in [-0.1, -0.05) is 11.2 Å². The van der Waals surface area contributed by atoms with E-state index in [-0.39, 0.29) is 11.9 Å². The Labute approximate surface area is 151 Å². The first-order valence-corrected chi connectivity index (χ1v) is 9.06. The normalized spacial score (nSPS) is 24.9. The van der Waals surface area contributed by atoms with E-state index in [9.17, 15) is 9.90 Å². The van der Waals surface area contributed by atoms with Gasteiger partial charge in [0.05, 0.1) is 12.1 Å². The monoisotopic (exact) mass is 357 g/mol. The fraction of sp³-hybridized carbons (Fsp3) is 0.556. The van der Waals surface area contributed by atoms with Gasteiger partial charge in [-0.3, -0.25) is 14.7 Å². The predicted octanol–water partition coefficient (Wildman–Crippen LogP) is 1.25. The highest BCUT2D eigenvalue weighted by atomic mass is 16.5. The number of amides is 1. The summed E-state index contributed by atoms with van der Waals surface area (Å²) >= 11 is 0. The van der Waals surface area contributed by atoms with Crippen molar-refractivity contribution in [3.63, 3.8) is 0 Å². The lowest BCUT2D eigenvalue weighted by Gasteiger charge is -2.38. The molecule has 0 saturated carbocycles. The SMILES string of the molecule is CC(=O)N1CCC(N2C[C@H](O)C[C@H]2c2nc(-c3ccccn3)no2)CC1. The molecule has 2 atom stereocenters. The van der Waals surface area contributed by atoms with Gasteiger partial charge in [-0.15, -0.1) is 0 Å². The zero-order chi connectivity index (χ0) is 18.1. The first kappa shape index (κ1) is 17.1. The van der Waals surface area contributed by atoms with E-state index in [2.05, 4.69) is 20.0 Å². The Hall–Kier alpha value is -2.32. The van der Waals surface area contributed by atoms with Crippen LogP contribution in [0, 0.1) is 0 Å². The first-order chi connectivity index (χ1) is 12.6. The fourth-order valence-corrected chi connectivity index (χ4v) is 3.97. The first-order valence-electron chi connectivity index (χ1n) is 9.06. The van der Waals surface area contributed by atoms with Gasteiger partial charge >= 0.3 is 0 Å². The maximum atomic E-state index is 11.5. The number of carbonyl (C=O) groups excluding carboxylic acids is 1. The van der Waals surface area contributed by atoms with Crippen LogP contribution >= 0.6 is 0 Å². The molecule has 4 rings (SSSR count). The molecule has 2 aromatic rings. The second kappa shape index (κ2) is 7.13. The van der Waals surface area contributed by atoms with Crippen molar-refractivity contribution in [1.29, 1.82) is 0 Å². The van der Waals surface area contributed by atoms with Gasteiger partial charge in [-0.2, -0.15) is 4.98 Å². The number of nitrogens with zero attached hydrogens (tertiary/aromatic N) is 5. The van der Waals surface area contributed by atoms with Crippen molar-refractivity contribution >= 4 is 5.91 Å². The molecule has 2 fully saturated rings. The van der Waals surface area contributed by atoms with Gasteiger partial charge in [-0.25, -0.2) is 0 Å². The van der Waals surface area contributed by atoms with Gasteiger partial charge in [0.2, 0.25) is 17.6 Å². The summed E-state index contributed by atoms with van der Waals surface area (Å²) in [5.74, 6) is 1.11. The van der Waals surface area contributed by atoms with Crippen LogP contribution in [0.15, 0.2) is 28.9 Å². The zero-order valence-electron chi connectivity index (χ0n) is 14.8. The summed E-state index contributed by atoms with van der Waals surface area (Å²) in [6, 6.07) is 5.77. The molecule has 2 saturated heterocycles. The summed E-state index contributed by atoms with van der Waals surface area (Å²) in [6.07, 6.45) is 3.65. The number of aliphatic hydroxyl groups excluding tert-OH is 1. The lowest BCUT2D eigenvalue weighted by Crippen LogP contribution is -2.46. The molecule has 0 bridgehead atoms. The van der Waals surface area contributed by atoms with Crippen LogP contribution in [-0.2, 0) is 4.79 Å². The highest BCUT2D eigenvalue weighted by molar-refractivity contribution is 5.73. The van der Waals surface area contributed by atoms with Crippen LogP contribution in [0.4, 0.5) is 0 Å². The number of β-amino-alcohol motifs (C(OH)–C–C–N with tert-alkyl or cyclic N) is 1. The number of rotatable bonds is 3. The zero-order valence-corrected chi connectivity index (χ0v) is 14.8. The third-order valence-electron chi connectivity index (χ3n) is 5.32. The Morgan fingerprint density at radius 3 is 2.81 bits per heavy atom. The Bertz CT molecular complexity index is 757. The van der Waals surface area contributed by atoms with Crippen molar-refractivity contribution in [2.24, 2.45) is 0 Å². The molecule has 2 aliphatic heterocycles. The number of pyridine rings is 1. The van der Waals surface area contributed by atoms with Crippen LogP contribution in [0.1, 0.15) is 38.1 Å². The summed E-state index contributed by atoms with van der Waals surface area (Å²) in [6.45, 7) is 3.71. The van der Waals surface area contributed by atoms with Crippen LogP contribution in [0.3, 0.4) is 0 Å². The summed E-state index contributed by atoms with van der Waals surface area (Å²) < 4.78 is 5.51. The largest absolute Gasteiger partial charge is 0.392 e. The average molecular weight is 357 g/mol. The second-order valence-electron chi connectivity index (χ2n) is 7.01. The topological polar surface area (TPSA) is 95.6 Å². The molecule has 138 valence electrons. The van der Waals surface area contributed by atoms with Crippen LogP contribution in [0.5, 0.6) is 0 Å². The van der Waals surface area contributed by atoms with Crippen molar-refractivity contribution in [1.82, 2.24) is 24.9 Å². The quantitative estimate of drug-likeness (QED) is 0.883. The summed E-state index contributed by atoms with van der Waals surface area (Å²) in [5, 5.41) is 14.3. The Morgan fingerprint density at radius 1 is 1.31 bits per heavy atom. The Kier molecular flexibility index (Phi) is 4.69. The van der Waals surface area contributed by atoms with Crippen LogP contribution in [0.2, 0.25) is 0 Å². The minimum Gasteiger partial charge on any atom is -0.392 e. The molecule has 1 amide bonds. The average Bonchev–Trinajstić information content (AvgIpc) is 3.29. The van der Waals surface area contributed by atoms with Gasteiger partial charge in [0.1, 0.15) is 5.69 Å². The second-order valence-corrected chi connectivity index (χ2v) is 7.01. The lowest BCUT2D eigenvalue weighted by atomic mass is 10.0. The highest BCUT2D eigenvalue weighted by Gasteiger charge is 2.40. The van der Waals surface area contributed by atoms with E-state index >= 15 is 0 Å². The van der Waals surface area contributed by atoms with E-state index in [1.54, 1.807) is 13.1 Å². The van der Waals surface area contributed by atoms with Gasteiger partial charge < -0.3 is 14.5 Å². The minimum absolute atomic E-state index is 0.0937. The molecular formula is C18H23N5O3. The third-order valence-corrected chi connectivity index (χ3v) is 5.32. The number of hydrogen-bond acceptors (Lipinski definition) is 7. The van der Waals surface area contributed by atoms with E-state index in [0.29, 0.717) is 36.4 Å². The molecule has 8 nitrogen and oxygen atoms in total. The molecule has 8 heteroatoms. The van der Waals surface area contributed by atoms with E-state index < -0.39 is 6.10 Å². The van der Waals surface area contributed by atoms with Crippen molar-refractivity contribution in [3.8, 4) is 11.5 Å². The molecule has 2 aliphatic rings. The van der Waals surface area contributed by atoms with Gasteiger partial charge in [0.15, 0.2) is 0 Å². The Balaban J connectivity index is 1.50. The minimum atomic E-state index is -0.406. The van der Waals surface area contributed by atoms with Crippen molar-refractivity contribution < 1.29 is 14.4 Å². The molecule has 0 unspecified atom stereocenters. The van der Waals surface area contributed by atoms with E-state index in [0.717, 1.165) is 25.9 Å². The third kappa shape index (κ3) is 3.34. The van der Waals surface area contributed by atoms with Crippen molar-refractivity contribution in [3.05, 3.63) is 30.3 Å². The summed E-state index contributed by atoms with van der Waals surface area (Å²) in [7, 11) is 0. The summed E-state index contributed by atoms with van der Waals surface area (Å²) in [5.41, 5.74) is 0.669. The standard InChI is InChI=1S/C18H23N5O3/c1-12(24)22-8-5-13(6-9-22)23-11-14(25)10-16(23)18-20-17(21-26-18)15-4-2-3-7-19-15/h2-4,7,13-14,16,25H,5-6,8-11H2,1H3/t14-,16+/m1/s1. The maximum Gasteiger partial charge on any atom is 0.244 e. The summed E-state index contributed by atoms with van der Waals surface area (Å²) in [4.78, 5) is 24.5. The molecule has 0 aromatic carbocycles. The highest BCUT2D eigenvalue weighted by Crippen LogP contribution is 2.36. The fourth-order valence-electron chi connectivity index (χ4n) is 3.97. The molecule has 0 aliphatic carbocycles. The molecule has 0 spiro atoms. The van der Waals surface area contributed by atoms with E-state index in [4.69, 9.17) is 4.52 Å². The molecule has 0 radical (unpaired) electrons. The predicted molar refractivity (Wildman–Crippen MR) is 92.9 cm³/mol. The van der Waals surface area contributed by atoms with Crippen molar-refractivity contribution in [2.45, 2.75) is 44.4 Å². The smallest absolute Gasteiger partial charge is 0.244 e.